The minimum Gasteiger partial charge on any atom is -0.484 e. The van der Waals surface area contributed by atoms with Crippen molar-refractivity contribution in [2.24, 2.45) is 0 Å². The van der Waals surface area contributed by atoms with Crippen LogP contribution in [0.25, 0.3) is 0 Å². The zero-order chi connectivity index (χ0) is 18.7. The highest BCUT2D eigenvalue weighted by Gasteiger charge is 2.24. The fraction of sp³-hybridized carbons (Fsp3) is 0.316. The van der Waals surface area contributed by atoms with E-state index in [2.05, 4.69) is 5.32 Å². The number of fused-ring (bicyclic) bond motifs is 1. The zero-order valence-corrected chi connectivity index (χ0v) is 15.7. The molecule has 7 heteroatoms. The number of carbonyl (C=O) groups is 1. The highest BCUT2D eigenvalue weighted by molar-refractivity contribution is 7.92. The lowest BCUT2D eigenvalue weighted by Crippen LogP contribution is -2.34. The first-order valence-electron chi connectivity index (χ1n) is 8.43. The first-order chi connectivity index (χ1) is 12.3. The van der Waals surface area contributed by atoms with E-state index in [4.69, 9.17) is 4.74 Å². The van der Waals surface area contributed by atoms with Gasteiger partial charge in [-0.3, -0.25) is 9.10 Å². The predicted molar refractivity (Wildman–Crippen MR) is 102 cm³/mol. The molecule has 1 aliphatic rings. The number of amides is 1. The van der Waals surface area contributed by atoms with Crippen LogP contribution in [0.2, 0.25) is 0 Å². The maximum absolute atomic E-state index is 12.1. The number of benzene rings is 2. The van der Waals surface area contributed by atoms with Crippen molar-refractivity contribution in [3.63, 3.8) is 0 Å². The Balaban J connectivity index is 1.65. The van der Waals surface area contributed by atoms with Gasteiger partial charge in [0.15, 0.2) is 6.61 Å². The molecule has 0 radical (unpaired) electrons. The van der Waals surface area contributed by atoms with E-state index in [1.54, 1.807) is 12.1 Å². The summed E-state index contributed by atoms with van der Waals surface area (Å²) in [4.78, 5) is 12.1. The van der Waals surface area contributed by atoms with E-state index in [1.807, 2.05) is 37.3 Å². The van der Waals surface area contributed by atoms with E-state index in [-0.39, 0.29) is 12.5 Å². The predicted octanol–water partition coefficient (Wildman–Crippen LogP) is 2.72. The van der Waals surface area contributed by atoms with E-state index in [1.165, 1.54) is 10.6 Å². The molecule has 1 aliphatic heterocycles. The van der Waals surface area contributed by atoms with Gasteiger partial charge in [0.2, 0.25) is 10.0 Å². The fourth-order valence-electron chi connectivity index (χ4n) is 2.97. The van der Waals surface area contributed by atoms with Crippen molar-refractivity contribution in [2.45, 2.75) is 19.8 Å². The van der Waals surface area contributed by atoms with Crippen molar-refractivity contribution in [1.29, 1.82) is 0 Å². The van der Waals surface area contributed by atoms with Gasteiger partial charge >= 0.3 is 0 Å². The van der Waals surface area contributed by atoms with Gasteiger partial charge in [0, 0.05) is 12.2 Å². The van der Waals surface area contributed by atoms with E-state index >= 15 is 0 Å². The van der Waals surface area contributed by atoms with Gasteiger partial charge in [-0.15, -0.1) is 0 Å². The lowest BCUT2D eigenvalue weighted by Gasteiger charge is -2.29. The summed E-state index contributed by atoms with van der Waals surface area (Å²) < 4.78 is 30.7. The quantitative estimate of drug-likeness (QED) is 0.873. The Morgan fingerprint density at radius 3 is 2.62 bits per heavy atom. The summed E-state index contributed by atoms with van der Waals surface area (Å²) in [6, 6.07) is 12.8. The second-order valence-corrected chi connectivity index (χ2v) is 8.34. The number of rotatable bonds is 5. The van der Waals surface area contributed by atoms with Crippen molar-refractivity contribution in [1.82, 2.24) is 0 Å². The third kappa shape index (κ3) is 4.35. The normalized spacial score (nSPS) is 13.8. The van der Waals surface area contributed by atoms with Crippen LogP contribution in [0, 0.1) is 6.92 Å². The lowest BCUT2D eigenvalue weighted by molar-refractivity contribution is -0.118. The van der Waals surface area contributed by atoms with Crippen molar-refractivity contribution in [2.75, 3.05) is 29.0 Å². The number of hydrogen-bond acceptors (Lipinski definition) is 4. The molecule has 6 nitrogen and oxygen atoms in total. The minimum absolute atomic E-state index is 0.0877. The number of nitrogens with zero attached hydrogens (tertiary/aromatic N) is 1. The van der Waals surface area contributed by atoms with Crippen molar-refractivity contribution >= 4 is 27.3 Å². The SMILES string of the molecule is Cc1ccc(OCC(=O)Nc2ccc3c(c2)CCCN3S(C)(=O)=O)cc1. The number of ether oxygens (including phenoxy) is 1. The average molecular weight is 374 g/mol. The van der Waals surface area contributed by atoms with Crippen LogP contribution in [0.15, 0.2) is 42.5 Å². The van der Waals surface area contributed by atoms with Gasteiger partial charge in [0.05, 0.1) is 11.9 Å². The van der Waals surface area contributed by atoms with Gasteiger partial charge in [0.25, 0.3) is 5.91 Å². The molecule has 138 valence electrons. The molecule has 0 unspecified atom stereocenters. The molecule has 0 saturated heterocycles. The van der Waals surface area contributed by atoms with E-state index in [0.717, 1.165) is 24.0 Å². The molecule has 0 spiro atoms. The molecule has 1 heterocycles. The van der Waals surface area contributed by atoms with Gasteiger partial charge in [-0.25, -0.2) is 8.42 Å². The van der Waals surface area contributed by atoms with Gasteiger partial charge in [-0.05, 0) is 55.7 Å². The van der Waals surface area contributed by atoms with Gasteiger partial charge in [0.1, 0.15) is 5.75 Å². The third-order valence-electron chi connectivity index (χ3n) is 4.23. The Labute approximate surface area is 153 Å². The van der Waals surface area contributed by atoms with Crippen LogP contribution in [0.1, 0.15) is 17.5 Å². The van der Waals surface area contributed by atoms with E-state index in [9.17, 15) is 13.2 Å². The van der Waals surface area contributed by atoms with E-state index in [0.29, 0.717) is 23.7 Å². The summed E-state index contributed by atoms with van der Waals surface area (Å²) in [7, 11) is -3.29. The number of aryl methyl sites for hydroxylation is 2. The summed E-state index contributed by atoms with van der Waals surface area (Å²) in [6.45, 7) is 2.38. The Hall–Kier alpha value is -2.54. The molecule has 2 aromatic carbocycles. The first-order valence-corrected chi connectivity index (χ1v) is 10.3. The standard InChI is InChI=1S/C19H22N2O4S/c1-14-5-8-17(9-6-14)25-13-19(22)20-16-7-10-18-15(12-16)4-3-11-21(18)26(2,23)24/h5-10,12H,3-4,11,13H2,1-2H3,(H,20,22). The summed E-state index contributed by atoms with van der Waals surface area (Å²) in [5.41, 5.74) is 3.36. The fourth-order valence-corrected chi connectivity index (χ4v) is 3.96. The zero-order valence-electron chi connectivity index (χ0n) is 14.9. The summed E-state index contributed by atoms with van der Waals surface area (Å²) in [5, 5.41) is 2.80. The molecule has 0 aliphatic carbocycles. The maximum atomic E-state index is 12.1. The summed E-state index contributed by atoms with van der Waals surface area (Å²) >= 11 is 0. The Morgan fingerprint density at radius 2 is 1.92 bits per heavy atom. The van der Waals surface area contributed by atoms with Crippen LogP contribution >= 0.6 is 0 Å². The summed E-state index contributed by atoms with van der Waals surface area (Å²) in [6.07, 6.45) is 2.75. The Kier molecular flexibility index (Phi) is 5.18. The number of sulfonamides is 1. The molecule has 3 rings (SSSR count). The van der Waals surface area contributed by atoms with Crippen LogP contribution < -0.4 is 14.4 Å². The monoisotopic (exact) mass is 374 g/mol. The van der Waals surface area contributed by atoms with Crippen LogP contribution in [0.3, 0.4) is 0 Å². The Bertz CT molecular complexity index is 908. The molecule has 0 aromatic heterocycles. The van der Waals surface area contributed by atoms with Crippen molar-refractivity contribution < 1.29 is 17.9 Å². The van der Waals surface area contributed by atoms with Crippen LogP contribution in [0.4, 0.5) is 11.4 Å². The minimum atomic E-state index is -3.29. The molecule has 0 saturated carbocycles. The van der Waals surface area contributed by atoms with Crippen molar-refractivity contribution in [3.8, 4) is 5.75 Å². The third-order valence-corrected chi connectivity index (χ3v) is 5.41. The lowest BCUT2D eigenvalue weighted by atomic mass is 10.0. The number of nitrogens with one attached hydrogen (secondary N) is 1. The second-order valence-electron chi connectivity index (χ2n) is 6.43. The molecule has 26 heavy (non-hydrogen) atoms. The molecule has 0 fully saturated rings. The van der Waals surface area contributed by atoms with Crippen LogP contribution in [-0.4, -0.2) is 33.7 Å². The highest BCUT2D eigenvalue weighted by atomic mass is 32.2. The topological polar surface area (TPSA) is 75.7 Å². The molecule has 0 bridgehead atoms. The number of hydrogen-bond donors (Lipinski definition) is 1. The molecule has 1 N–H and O–H groups in total. The number of carbonyl (C=O) groups excluding carboxylic acids is 1. The van der Waals surface area contributed by atoms with Gasteiger partial charge in [-0.2, -0.15) is 0 Å². The summed E-state index contributed by atoms with van der Waals surface area (Å²) in [5.74, 6) is 0.376. The highest BCUT2D eigenvalue weighted by Crippen LogP contribution is 2.31. The smallest absolute Gasteiger partial charge is 0.262 e. The molecular formula is C19H22N2O4S. The van der Waals surface area contributed by atoms with Gasteiger partial charge in [-0.1, -0.05) is 17.7 Å². The van der Waals surface area contributed by atoms with Crippen LogP contribution in [0.5, 0.6) is 5.75 Å². The molecule has 1 amide bonds. The first kappa shape index (κ1) is 18.3. The largest absolute Gasteiger partial charge is 0.484 e. The Morgan fingerprint density at radius 1 is 1.19 bits per heavy atom. The number of anilines is 2. The van der Waals surface area contributed by atoms with Gasteiger partial charge < -0.3 is 10.1 Å². The van der Waals surface area contributed by atoms with Crippen LogP contribution in [-0.2, 0) is 21.2 Å². The molecule has 0 atom stereocenters. The average Bonchev–Trinajstić information content (AvgIpc) is 2.60. The van der Waals surface area contributed by atoms with Crippen molar-refractivity contribution in [3.05, 3.63) is 53.6 Å². The molecular weight excluding hydrogens is 352 g/mol. The maximum Gasteiger partial charge on any atom is 0.262 e. The molecule has 2 aromatic rings. The second kappa shape index (κ2) is 7.37. The van der Waals surface area contributed by atoms with E-state index < -0.39 is 10.0 Å².